The number of fused-ring (bicyclic) bond motifs is 1. The van der Waals surface area contributed by atoms with Gasteiger partial charge in [-0.15, -0.1) is 0 Å². The van der Waals surface area contributed by atoms with Crippen molar-refractivity contribution in [2.24, 2.45) is 0 Å². The van der Waals surface area contributed by atoms with Crippen molar-refractivity contribution in [2.45, 2.75) is 37.8 Å². The van der Waals surface area contributed by atoms with Crippen LogP contribution in [-0.4, -0.2) is 15.5 Å². The molecule has 1 N–H and O–H groups in total. The molecule has 0 aliphatic heterocycles. The molecular formula is C31H28FN3OS. The molecule has 0 saturated heterocycles. The van der Waals surface area contributed by atoms with Gasteiger partial charge in [0.15, 0.2) is 5.16 Å². The summed E-state index contributed by atoms with van der Waals surface area (Å²) < 4.78 is 15.5. The second-order valence-electron chi connectivity index (χ2n) is 9.20. The second kappa shape index (κ2) is 11.0. The molecule has 0 unspecified atom stereocenters. The minimum absolute atomic E-state index is 0.117. The van der Waals surface area contributed by atoms with E-state index in [0.717, 1.165) is 38.4 Å². The number of aromatic nitrogens is 2. The first-order chi connectivity index (χ1) is 18.0. The summed E-state index contributed by atoms with van der Waals surface area (Å²) in [7, 11) is 0. The summed E-state index contributed by atoms with van der Waals surface area (Å²) in [4.78, 5) is 17.9. The zero-order valence-electron chi connectivity index (χ0n) is 20.9. The van der Waals surface area contributed by atoms with Crippen LogP contribution in [0, 0.1) is 19.7 Å². The van der Waals surface area contributed by atoms with Gasteiger partial charge < -0.3 is 9.88 Å². The molecule has 6 heteroatoms. The third-order valence-corrected chi connectivity index (χ3v) is 7.43. The molecule has 1 amide bonds. The highest BCUT2D eigenvalue weighted by atomic mass is 32.2. The van der Waals surface area contributed by atoms with Gasteiger partial charge in [0.25, 0.3) is 5.91 Å². The van der Waals surface area contributed by atoms with Crippen LogP contribution in [0.15, 0.2) is 96.2 Å². The van der Waals surface area contributed by atoms with Gasteiger partial charge in [0.05, 0.1) is 17.6 Å². The van der Waals surface area contributed by atoms with Crippen LogP contribution in [0.25, 0.3) is 11.0 Å². The predicted molar refractivity (Wildman–Crippen MR) is 148 cm³/mol. The van der Waals surface area contributed by atoms with Crippen LogP contribution in [0.1, 0.15) is 38.2 Å². The summed E-state index contributed by atoms with van der Waals surface area (Å²) >= 11 is 1.61. The fourth-order valence-electron chi connectivity index (χ4n) is 4.31. The summed E-state index contributed by atoms with van der Waals surface area (Å²) in [5.41, 5.74) is 7.98. The molecule has 0 radical (unpaired) electrons. The maximum Gasteiger partial charge on any atom is 0.251 e. The first-order valence-electron chi connectivity index (χ1n) is 12.2. The van der Waals surface area contributed by atoms with E-state index in [1.54, 1.807) is 23.9 Å². The van der Waals surface area contributed by atoms with Crippen molar-refractivity contribution in [2.75, 3.05) is 0 Å². The molecule has 1 aromatic heterocycles. The molecule has 186 valence electrons. The number of amides is 1. The van der Waals surface area contributed by atoms with Crippen LogP contribution in [-0.2, 0) is 18.8 Å². The number of halogens is 1. The molecule has 37 heavy (non-hydrogen) atoms. The maximum absolute atomic E-state index is 13.3. The second-order valence-corrected chi connectivity index (χ2v) is 10.1. The van der Waals surface area contributed by atoms with Crippen molar-refractivity contribution in [1.29, 1.82) is 0 Å². The van der Waals surface area contributed by atoms with Crippen molar-refractivity contribution in [1.82, 2.24) is 14.9 Å². The number of hydrogen-bond donors (Lipinski definition) is 1. The Bertz CT molecular complexity index is 1560. The van der Waals surface area contributed by atoms with E-state index in [2.05, 4.69) is 41.1 Å². The predicted octanol–water partition coefficient (Wildman–Crippen LogP) is 7.06. The van der Waals surface area contributed by atoms with Crippen LogP contribution >= 0.6 is 11.8 Å². The van der Waals surface area contributed by atoms with Crippen LogP contribution in [0.4, 0.5) is 4.39 Å². The van der Waals surface area contributed by atoms with E-state index in [9.17, 15) is 9.18 Å². The van der Waals surface area contributed by atoms with Gasteiger partial charge in [-0.2, -0.15) is 0 Å². The fourth-order valence-corrected chi connectivity index (χ4v) is 5.28. The average molecular weight is 510 g/mol. The molecule has 0 aliphatic rings. The summed E-state index contributed by atoms with van der Waals surface area (Å²) in [6, 6.07) is 28.7. The van der Waals surface area contributed by atoms with Gasteiger partial charge >= 0.3 is 0 Å². The van der Waals surface area contributed by atoms with E-state index in [4.69, 9.17) is 4.98 Å². The summed E-state index contributed by atoms with van der Waals surface area (Å²) in [6.45, 7) is 5.24. The third kappa shape index (κ3) is 5.92. The zero-order chi connectivity index (χ0) is 25.8. The van der Waals surface area contributed by atoms with Gasteiger partial charge in [0, 0.05) is 17.9 Å². The van der Waals surface area contributed by atoms with Crippen LogP contribution in [0.2, 0.25) is 0 Å². The number of carbonyl (C=O) groups excluding carboxylic acids is 1. The lowest BCUT2D eigenvalue weighted by Crippen LogP contribution is -2.23. The quantitative estimate of drug-likeness (QED) is 0.228. The zero-order valence-corrected chi connectivity index (χ0v) is 21.7. The van der Waals surface area contributed by atoms with Gasteiger partial charge in [-0.25, -0.2) is 9.37 Å². The number of benzene rings is 4. The molecule has 0 atom stereocenters. The van der Waals surface area contributed by atoms with E-state index in [1.807, 2.05) is 49.4 Å². The maximum atomic E-state index is 13.3. The molecule has 4 aromatic carbocycles. The summed E-state index contributed by atoms with van der Waals surface area (Å²) in [6.07, 6.45) is 0. The number of nitrogens with one attached hydrogen (secondary N) is 1. The van der Waals surface area contributed by atoms with Gasteiger partial charge in [0.1, 0.15) is 5.82 Å². The Labute approximate surface area is 220 Å². The number of carbonyl (C=O) groups is 1. The number of imidazole rings is 1. The molecule has 1 heterocycles. The van der Waals surface area contributed by atoms with E-state index in [1.165, 1.54) is 17.7 Å². The Morgan fingerprint density at radius 3 is 2.51 bits per heavy atom. The number of nitrogens with zero attached hydrogens (tertiary/aromatic N) is 2. The number of aryl methyl sites for hydroxylation is 2. The number of rotatable bonds is 8. The highest BCUT2D eigenvalue weighted by Gasteiger charge is 2.15. The van der Waals surface area contributed by atoms with Crippen LogP contribution in [0.5, 0.6) is 0 Å². The van der Waals surface area contributed by atoms with Crippen molar-refractivity contribution in [3.8, 4) is 0 Å². The topological polar surface area (TPSA) is 46.9 Å². The van der Waals surface area contributed by atoms with Crippen LogP contribution in [0.3, 0.4) is 0 Å². The fraction of sp³-hybridized carbons (Fsp3) is 0.161. The number of thioether (sulfide) groups is 1. The number of hydrogen-bond acceptors (Lipinski definition) is 3. The molecule has 0 fully saturated rings. The van der Waals surface area contributed by atoms with Gasteiger partial charge in [-0.1, -0.05) is 78.0 Å². The van der Waals surface area contributed by atoms with E-state index in [-0.39, 0.29) is 11.7 Å². The Kier molecular flexibility index (Phi) is 7.37. The molecule has 0 spiro atoms. The highest BCUT2D eigenvalue weighted by Crippen LogP contribution is 2.29. The first-order valence-corrected chi connectivity index (χ1v) is 13.2. The molecule has 5 aromatic rings. The molecule has 0 bridgehead atoms. The lowest BCUT2D eigenvalue weighted by molar-refractivity contribution is 0.0951. The van der Waals surface area contributed by atoms with Gasteiger partial charge in [-0.3, -0.25) is 4.79 Å². The largest absolute Gasteiger partial charge is 0.348 e. The lowest BCUT2D eigenvalue weighted by Gasteiger charge is -2.11. The molecular weight excluding hydrogens is 481 g/mol. The first kappa shape index (κ1) is 24.8. The van der Waals surface area contributed by atoms with Gasteiger partial charge in [-0.05, 0) is 66.4 Å². The Morgan fingerprint density at radius 2 is 1.73 bits per heavy atom. The summed E-state index contributed by atoms with van der Waals surface area (Å²) in [5.74, 6) is 0.309. The highest BCUT2D eigenvalue weighted by molar-refractivity contribution is 7.98. The Hall–Kier alpha value is -3.90. The monoisotopic (exact) mass is 509 g/mol. The standard InChI is InChI=1S/C31H28FN3OS/c1-21-6-5-8-24(16-21)19-35-29-17-25(30(36)33-18-26-9-4-3-7-22(26)2)12-15-28(29)34-31(35)37-20-23-10-13-27(32)14-11-23/h3-17H,18-20H2,1-2H3,(H,33,36). The molecule has 0 aliphatic carbocycles. The Morgan fingerprint density at radius 1 is 0.919 bits per heavy atom. The van der Waals surface area contributed by atoms with Crippen molar-refractivity contribution < 1.29 is 9.18 Å². The van der Waals surface area contributed by atoms with Crippen molar-refractivity contribution >= 4 is 28.7 Å². The normalized spacial score (nSPS) is 11.1. The minimum Gasteiger partial charge on any atom is -0.348 e. The van der Waals surface area contributed by atoms with Crippen molar-refractivity contribution in [3.63, 3.8) is 0 Å². The van der Waals surface area contributed by atoms with E-state index in [0.29, 0.717) is 24.4 Å². The lowest BCUT2D eigenvalue weighted by atomic mass is 10.1. The smallest absolute Gasteiger partial charge is 0.251 e. The van der Waals surface area contributed by atoms with Crippen LogP contribution < -0.4 is 5.32 Å². The van der Waals surface area contributed by atoms with E-state index >= 15 is 0 Å². The van der Waals surface area contributed by atoms with Crippen molar-refractivity contribution in [3.05, 3.63) is 130 Å². The SMILES string of the molecule is Cc1cccc(Cn2c(SCc3ccc(F)cc3)nc3ccc(C(=O)NCc4ccccc4C)cc32)c1. The molecule has 0 saturated carbocycles. The van der Waals surface area contributed by atoms with Gasteiger partial charge in [0.2, 0.25) is 0 Å². The minimum atomic E-state index is -0.242. The average Bonchev–Trinajstić information content (AvgIpc) is 3.24. The third-order valence-electron chi connectivity index (χ3n) is 6.38. The van der Waals surface area contributed by atoms with E-state index < -0.39 is 0 Å². The molecule has 4 nitrogen and oxygen atoms in total. The summed E-state index contributed by atoms with van der Waals surface area (Å²) in [5, 5.41) is 3.91. The molecule has 5 rings (SSSR count). The Balaban J connectivity index is 1.44.